The Morgan fingerprint density at radius 1 is 1.04 bits per heavy atom. The number of carbonyl (C=O) groups is 1. The first kappa shape index (κ1) is 23.7. The minimum absolute atomic E-state index is 0. The van der Waals surface area contributed by atoms with E-state index in [1.54, 1.807) is 0 Å². The normalized spacial score (nSPS) is 18.8. The number of hydrogen-bond acceptors (Lipinski definition) is 3. The molecule has 0 aliphatic carbocycles. The number of piperazine rings is 1. The number of rotatable bonds is 4. The molecule has 7 heteroatoms. The number of carbonyl (C=O) groups excluding carboxylic acids is 1. The van der Waals surface area contributed by atoms with Gasteiger partial charge in [-0.15, -0.1) is 24.8 Å². The monoisotopic (exact) mass is 439 g/mol. The van der Waals surface area contributed by atoms with Gasteiger partial charge in [-0.1, -0.05) is 35.0 Å². The number of hydrogen-bond donors (Lipinski definition) is 1. The van der Waals surface area contributed by atoms with Crippen LogP contribution in [-0.2, 0) is 4.79 Å². The van der Waals surface area contributed by atoms with E-state index in [1.807, 2.05) is 18.7 Å². The van der Waals surface area contributed by atoms with Crippen molar-refractivity contribution >= 4 is 46.7 Å². The molecule has 4 nitrogen and oxygen atoms in total. The van der Waals surface area contributed by atoms with Crippen LogP contribution < -0.4 is 5.73 Å². The predicted molar refractivity (Wildman–Crippen MR) is 108 cm³/mol. The van der Waals surface area contributed by atoms with Gasteiger partial charge in [0.15, 0.2) is 0 Å². The Hall–Kier alpha value is -0.330. The predicted octanol–water partition coefficient (Wildman–Crippen LogP) is 3.48. The third-order valence-corrected chi connectivity index (χ3v) is 5.23. The van der Waals surface area contributed by atoms with Crippen LogP contribution in [-0.4, -0.2) is 47.9 Å². The molecule has 0 aromatic heterocycles. The molecule has 0 saturated carbocycles. The molecule has 3 unspecified atom stereocenters. The summed E-state index contributed by atoms with van der Waals surface area (Å²) >= 11 is 3.47. The highest BCUT2D eigenvalue weighted by Crippen LogP contribution is 2.23. The van der Waals surface area contributed by atoms with Crippen LogP contribution in [0.15, 0.2) is 28.7 Å². The molecule has 1 aliphatic rings. The zero-order valence-electron chi connectivity index (χ0n) is 14.4. The van der Waals surface area contributed by atoms with Crippen LogP contribution in [0.4, 0.5) is 0 Å². The van der Waals surface area contributed by atoms with Crippen molar-refractivity contribution in [2.45, 2.75) is 32.9 Å². The molecule has 0 bridgehead atoms. The van der Waals surface area contributed by atoms with E-state index in [1.165, 1.54) is 5.56 Å². The number of amides is 1. The van der Waals surface area contributed by atoms with Crippen molar-refractivity contribution in [2.24, 2.45) is 11.7 Å². The molecule has 1 heterocycles. The highest BCUT2D eigenvalue weighted by molar-refractivity contribution is 9.10. The molecule has 2 rings (SSSR count). The van der Waals surface area contributed by atoms with Crippen LogP contribution in [0, 0.1) is 5.92 Å². The molecular weight excluding hydrogens is 413 g/mol. The standard InChI is InChI=1S/C17H26BrN3O.2ClH/c1-12(13(2)19)17(22)21-10-8-20(9-11-21)14(3)15-4-6-16(18)7-5-15;;/h4-7,12-14H,8-11,19H2,1-3H3;2*1H. The minimum Gasteiger partial charge on any atom is -0.340 e. The van der Waals surface area contributed by atoms with Crippen LogP contribution in [0.2, 0.25) is 0 Å². The van der Waals surface area contributed by atoms with Gasteiger partial charge in [-0.05, 0) is 31.5 Å². The highest BCUT2D eigenvalue weighted by atomic mass is 79.9. The molecule has 1 aromatic carbocycles. The average Bonchev–Trinajstić information content (AvgIpc) is 2.53. The van der Waals surface area contributed by atoms with Crippen molar-refractivity contribution in [1.29, 1.82) is 0 Å². The van der Waals surface area contributed by atoms with Gasteiger partial charge in [-0.2, -0.15) is 0 Å². The van der Waals surface area contributed by atoms with Gasteiger partial charge in [0.25, 0.3) is 0 Å². The van der Waals surface area contributed by atoms with Crippen molar-refractivity contribution in [3.63, 3.8) is 0 Å². The molecule has 0 spiro atoms. The van der Waals surface area contributed by atoms with Gasteiger partial charge < -0.3 is 10.6 Å². The molecule has 0 radical (unpaired) electrons. The number of halogens is 3. The van der Waals surface area contributed by atoms with Crippen LogP contribution in [0.1, 0.15) is 32.4 Å². The lowest BCUT2D eigenvalue weighted by molar-refractivity contribution is -0.137. The van der Waals surface area contributed by atoms with Gasteiger partial charge in [0.05, 0.1) is 5.92 Å². The minimum atomic E-state index is -0.101. The van der Waals surface area contributed by atoms with Crippen LogP contribution in [0.25, 0.3) is 0 Å². The first-order chi connectivity index (χ1) is 10.4. The van der Waals surface area contributed by atoms with Crippen molar-refractivity contribution in [1.82, 2.24) is 9.80 Å². The molecule has 1 aliphatic heterocycles. The van der Waals surface area contributed by atoms with Gasteiger partial charge in [-0.3, -0.25) is 9.69 Å². The molecule has 1 amide bonds. The van der Waals surface area contributed by atoms with Crippen molar-refractivity contribution in [3.05, 3.63) is 34.3 Å². The quantitative estimate of drug-likeness (QED) is 0.779. The summed E-state index contributed by atoms with van der Waals surface area (Å²) in [5.74, 6) is 0.0846. The fourth-order valence-electron chi connectivity index (χ4n) is 2.79. The topological polar surface area (TPSA) is 49.6 Å². The van der Waals surface area contributed by atoms with Crippen LogP contribution >= 0.6 is 40.7 Å². The largest absolute Gasteiger partial charge is 0.340 e. The molecule has 138 valence electrons. The Bertz CT molecular complexity index is 505. The van der Waals surface area contributed by atoms with Gasteiger partial charge in [0.2, 0.25) is 5.91 Å². The van der Waals surface area contributed by atoms with E-state index in [0.717, 1.165) is 30.7 Å². The Labute approximate surface area is 166 Å². The third kappa shape index (κ3) is 5.88. The SMILES string of the molecule is CC(N)C(C)C(=O)N1CCN(C(C)c2ccc(Br)cc2)CC1.Cl.Cl. The summed E-state index contributed by atoms with van der Waals surface area (Å²) in [5, 5.41) is 0. The zero-order valence-corrected chi connectivity index (χ0v) is 17.7. The Morgan fingerprint density at radius 3 is 2.00 bits per heavy atom. The Balaban J connectivity index is 0.00000264. The van der Waals surface area contributed by atoms with E-state index in [-0.39, 0.29) is 42.7 Å². The van der Waals surface area contributed by atoms with E-state index in [9.17, 15) is 4.79 Å². The zero-order chi connectivity index (χ0) is 16.3. The molecule has 1 fully saturated rings. The summed E-state index contributed by atoms with van der Waals surface area (Å²) in [6.45, 7) is 9.44. The van der Waals surface area contributed by atoms with Crippen molar-refractivity contribution < 1.29 is 4.79 Å². The molecule has 3 atom stereocenters. The number of nitrogens with zero attached hydrogens (tertiary/aromatic N) is 2. The van der Waals surface area contributed by atoms with Gasteiger partial charge in [0.1, 0.15) is 0 Å². The van der Waals surface area contributed by atoms with E-state index < -0.39 is 0 Å². The molecule has 1 saturated heterocycles. The fourth-order valence-corrected chi connectivity index (χ4v) is 3.06. The second-order valence-electron chi connectivity index (χ2n) is 6.24. The van der Waals surface area contributed by atoms with Crippen molar-refractivity contribution in [2.75, 3.05) is 26.2 Å². The summed E-state index contributed by atoms with van der Waals surface area (Å²) in [7, 11) is 0. The maximum Gasteiger partial charge on any atom is 0.227 e. The first-order valence-corrected chi connectivity index (χ1v) is 8.73. The maximum absolute atomic E-state index is 12.3. The fraction of sp³-hybridized carbons (Fsp3) is 0.588. The number of nitrogens with two attached hydrogens (primary N) is 1. The summed E-state index contributed by atoms with van der Waals surface area (Å²) < 4.78 is 1.10. The summed E-state index contributed by atoms with van der Waals surface area (Å²) in [6, 6.07) is 8.75. The molecular formula is C17H28BrCl2N3O. The smallest absolute Gasteiger partial charge is 0.227 e. The van der Waals surface area contributed by atoms with E-state index in [0.29, 0.717) is 6.04 Å². The lowest BCUT2D eigenvalue weighted by atomic mass is 10.0. The van der Waals surface area contributed by atoms with E-state index in [4.69, 9.17) is 5.73 Å². The van der Waals surface area contributed by atoms with Gasteiger partial charge >= 0.3 is 0 Å². The first-order valence-electron chi connectivity index (χ1n) is 7.94. The molecule has 1 aromatic rings. The van der Waals surface area contributed by atoms with Gasteiger partial charge in [0, 0.05) is 42.7 Å². The Morgan fingerprint density at radius 2 is 1.54 bits per heavy atom. The lowest BCUT2D eigenvalue weighted by Gasteiger charge is -2.39. The van der Waals surface area contributed by atoms with Crippen molar-refractivity contribution in [3.8, 4) is 0 Å². The van der Waals surface area contributed by atoms with E-state index >= 15 is 0 Å². The third-order valence-electron chi connectivity index (χ3n) is 4.70. The average molecular weight is 441 g/mol. The van der Waals surface area contributed by atoms with Crippen LogP contribution in [0.3, 0.4) is 0 Å². The molecule has 24 heavy (non-hydrogen) atoms. The summed E-state index contributed by atoms with van der Waals surface area (Å²) in [4.78, 5) is 16.7. The highest BCUT2D eigenvalue weighted by Gasteiger charge is 2.28. The lowest BCUT2D eigenvalue weighted by Crippen LogP contribution is -2.52. The summed E-state index contributed by atoms with van der Waals surface area (Å²) in [5.41, 5.74) is 7.16. The second-order valence-corrected chi connectivity index (χ2v) is 7.15. The van der Waals surface area contributed by atoms with Gasteiger partial charge in [-0.25, -0.2) is 0 Å². The van der Waals surface area contributed by atoms with Crippen LogP contribution in [0.5, 0.6) is 0 Å². The number of benzene rings is 1. The van der Waals surface area contributed by atoms with E-state index in [2.05, 4.69) is 52.0 Å². The second kappa shape index (κ2) is 10.6. The maximum atomic E-state index is 12.3. The summed E-state index contributed by atoms with van der Waals surface area (Å²) in [6.07, 6.45) is 0. The molecule has 2 N–H and O–H groups in total. The Kier molecular flexibility index (Phi) is 10.5.